The molecule has 0 bridgehead atoms. The maximum atomic E-state index is 13.3. The molecule has 5 aromatic carbocycles. The molecule has 0 amide bonds. The van der Waals surface area contributed by atoms with Crippen LogP contribution in [0, 0.1) is 0 Å². The summed E-state index contributed by atoms with van der Waals surface area (Å²) in [5, 5.41) is 32.6. The third-order valence-electron chi connectivity index (χ3n) is 6.21. The van der Waals surface area contributed by atoms with Crippen molar-refractivity contribution < 1.29 is 91.8 Å². The van der Waals surface area contributed by atoms with E-state index in [1.165, 1.54) is 12.1 Å². The molecule has 0 unspecified atom stereocenters. The Bertz CT molecular complexity index is 2180. The van der Waals surface area contributed by atoms with Crippen molar-refractivity contribution in [2.45, 2.75) is 16.4 Å². The fraction of sp³-hybridized carbons (Fsp3) is 0.0370. The van der Waals surface area contributed by atoms with Crippen molar-refractivity contribution in [3.63, 3.8) is 0 Å². The molecule has 0 saturated heterocycles. The van der Waals surface area contributed by atoms with Gasteiger partial charge in [-0.2, -0.15) is 14.5 Å². The van der Waals surface area contributed by atoms with Gasteiger partial charge in [-0.05, 0) is 35.7 Å². The van der Waals surface area contributed by atoms with Crippen LogP contribution >= 0.6 is 12.0 Å². The van der Waals surface area contributed by atoms with Gasteiger partial charge in [-0.15, -0.1) is 0 Å². The standard InChI is InChI=1S/C27H20N4O9S2.2Na/c32-14-15-13-22(30-28-21-10-12-24(42(36,37)38)19-8-4-2-6-17(19)21)27(34)25(26(15)33)31-29-20-9-11-23(41-40-39-35)18-7-3-1-5-16(18)20;;/h1-13,28-29,32,35H,14H2,(H,36,37,38);;/q;2*+1/p-2/b30-22+,31-25+;;. The number of rotatable bonds is 9. The van der Waals surface area contributed by atoms with Gasteiger partial charge in [-0.25, -0.2) is 8.42 Å². The maximum Gasteiger partial charge on any atom is 1.00 e. The van der Waals surface area contributed by atoms with Crippen LogP contribution in [0.1, 0.15) is 5.56 Å². The van der Waals surface area contributed by atoms with E-state index < -0.39 is 37.8 Å². The third-order valence-corrected chi connectivity index (χ3v) is 7.76. The first-order valence-corrected chi connectivity index (χ1v) is 14.1. The predicted octanol–water partition coefficient (Wildman–Crippen LogP) is -4.92. The van der Waals surface area contributed by atoms with E-state index in [9.17, 15) is 32.9 Å². The minimum Gasteiger partial charge on any atom is -0.744 e. The zero-order valence-electron chi connectivity index (χ0n) is 23.1. The second kappa shape index (κ2) is 15.7. The van der Waals surface area contributed by atoms with Gasteiger partial charge < -0.3 is 14.9 Å². The Balaban J connectivity index is 0.00000264. The number of fused-ring (bicyclic) bond motifs is 2. The van der Waals surface area contributed by atoms with Crippen LogP contribution in [0.15, 0.2) is 108 Å². The van der Waals surface area contributed by atoms with Crippen LogP contribution in [0.25, 0.3) is 21.5 Å². The largest absolute Gasteiger partial charge is 1.00 e. The molecule has 0 fully saturated rings. The van der Waals surface area contributed by atoms with E-state index in [0.717, 1.165) is 12.1 Å². The Hall–Kier alpha value is -2.48. The minimum absolute atomic E-state index is 0. The molecule has 0 saturated carbocycles. The number of nitrogens with one attached hydrogen (secondary N) is 2. The molecule has 5 aromatic rings. The Morgan fingerprint density at radius 2 is 1.36 bits per heavy atom. The van der Waals surface area contributed by atoms with Crippen molar-refractivity contribution in [3.8, 4) is 0 Å². The molecule has 0 radical (unpaired) electrons. The Morgan fingerprint density at radius 3 is 1.98 bits per heavy atom. The molecule has 0 spiro atoms. The summed E-state index contributed by atoms with van der Waals surface area (Å²) in [4.78, 5) is 26.3. The summed E-state index contributed by atoms with van der Waals surface area (Å²) in [6.07, 6.45) is 0. The van der Waals surface area contributed by atoms with Gasteiger partial charge >= 0.3 is 59.1 Å². The summed E-state index contributed by atoms with van der Waals surface area (Å²) in [6, 6.07) is 20.0. The number of aliphatic hydroxyl groups excluding tert-OH is 1. The van der Waals surface area contributed by atoms with Gasteiger partial charge in [0.2, 0.25) is 10.9 Å². The summed E-state index contributed by atoms with van der Waals surface area (Å²) in [6.45, 7) is -0.695. The summed E-state index contributed by atoms with van der Waals surface area (Å²) in [5.74, 6) is 0. The molecule has 5 rings (SSSR count). The number of hydrogen-bond donors (Lipinski definition) is 3. The first kappa shape index (κ1) is 36.0. The quantitative estimate of drug-likeness (QED) is 0.0451. The first-order chi connectivity index (χ1) is 20.2. The maximum absolute atomic E-state index is 13.3. The molecule has 17 heteroatoms. The van der Waals surface area contributed by atoms with E-state index in [0.29, 0.717) is 38.8 Å². The predicted molar refractivity (Wildman–Crippen MR) is 150 cm³/mol. The summed E-state index contributed by atoms with van der Waals surface area (Å²) < 4.78 is 39.5. The molecule has 0 heterocycles. The molecule has 0 aliphatic carbocycles. The fourth-order valence-corrected chi connectivity index (χ4v) is 5.46. The zero-order valence-corrected chi connectivity index (χ0v) is 28.8. The summed E-state index contributed by atoms with van der Waals surface area (Å²) in [5.41, 5.74) is 4.30. The first-order valence-electron chi connectivity index (χ1n) is 11.9. The van der Waals surface area contributed by atoms with E-state index in [1.54, 1.807) is 54.6 Å². The Morgan fingerprint density at radius 1 is 0.795 bits per heavy atom. The van der Waals surface area contributed by atoms with E-state index in [2.05, 4.69) is 30.4 Å². The van der Waals surface area contributed by atoms with E-state index in [1.807, 2.05) is 0 Å². The van der Waals surface area contributed by atoms with Crippen molar-refractivity contribution in [1.82, 2.24) is 0 Å². The van der Waals surface area contributed by atoms with Crippen LogP contribution in [0.2, 0.25) is 0 Å². The van der Waals surface area contributed by atoms with E-state index in [-0.39, 0.29) is 81.1 Å². The van der Waals surface area contributed by atoms with Gasteiger partial charge in [-0.3, -0.25) is 25.5 Å². The number of aliphatic hydroxyl groups is 1. The number of anilines is 2. The Labute approximate surface area is 297 Å². The number of nitrogens with zero attached hydrogens (tertiary/aromatic N) is 2. The van der Waals surface area contributed by atoms with E-state index in [4.69, 9.17) is 0 Å². The van der Waals surface area contributed by atoms with Gasteiger partial charge in [0.25, 0.3) is 0 Å². The molecule has 0 aliphatic heterocycles. The summed E-state index contributed by atoms with van der Waals surface area (Å²) >= 11 is 0.705. The normalized spacial score (nSPS) is 12.2. The molecule has 0 aromatic heterocycles. The molecule has 44 heavy (non-hydrogen) atoms. The molecule has 0 atom stereocenters. The molecule has 214 valence electrons. The van der Waals surface area contributed by atoms with Crippen molar-refractivity contribution in [3.05, 3.63) is 116 Å². The van der Waals surface area contributed by atoms with Crippen molar-refractivity contribution >= 4 is 55.1 Å². The van der Waals surface area contributed by atoms with Gasteiger partial charge in [0.1, 0.15) is 15.5 Å². The van der Waals surface area contributed by atoms with Gasteiger partial charge in [0.15, 0.2) is 5.36 Å². The van der Waals surface area contributed by atoms with Gasteiger partial charge in [0, 0.05) is 26.6 Å². The van der Waals surface area contributed by atoms with Crippen molar-refractivity contribution in [1.29, 1.82) is 0 Å². The van der Waals surface area contributed by atoms with Crippen molar-refractivity contribution in [2.75, 3.05) is 10.9 Å². The van der Waals surface area contributed by atoms with Crippen LogP contribution < -0.4 is 96.8 Å². The van der Waals surface area contributed by atoms with Crippen LogP contribution in [0.5, 0.6) is 0 Å². The molecule has 3 N–H and O–H groups in total. The van der Waals surface area contributed by atoms with E-state index >= 15 is 0 Å². The van der Waals surface area contributed by atoms with Crippen LogP contribution in [-0.2, 0) is 26.1 Å². The van der Waals surface area contributed by atoms with Crippen LogP contribution in [0.3, 0.4) is 0 Å². The molecule has 13 nitrogen and oxygen atoms in total. The smallest absolute Gasteiger partial charge is 0.744 e. The average molecular weight is 653 g/mol. The number of hydrogen-bond acceptors (Lipinski definition) is 14. The SMILES string of the molecule is O=c1c(CO)c/c(=N\Nc2ccc(S(=O)(=O)[O-])c3ccccc23)c(=O)/c1=N/Nc1ccc(SOO[O-])c2ccccc12.[Na+].[Na+]. The Kier molecular flexibility index (Phi) is 12.8. The molecular formula is C27H18N4Na2O9S2. The second-order valence-electron chi connectivity index (χ2n) is 8.65. The zero-order chi connectivity index (χ0) is 29.9. The second-order valence-corrected chi connectivity index (χ2v) is 10.7. The van der Waals surface area contributed by atoms with Gasteiger partial charge in [-0.1, -0.05) is 48.5 Å². The van der Waals surface area contributed by atoms with Gasteiger partial charge in [0.05, 0.1) is 34.9 Å². The topological polar surface area (TPSA) is 202 Å². The number of benzene rings is 5. The molecular weight excluding hydrogens is 634 g/mol. The minimum atomic E-state index is -4.75. The van der Waals surface area contributed by atoms with Crippen LogP contribution in [0.4, 0.5) is 11.4 Å². The fourth-order valence-electron chi connectivity index (χ4n) is 4.29. The van der Waals surface area contributed by atoms with Crippen LogP contribution in [-0.4, -0.2) is 18.1 Å². The summed E-state index contributed by atoms with van der Waals surface area (Å²) in [7, 11) is -4.75. The monoisotopic (exact) mass is 652 g/mol. The third kappa shape index (κ3) is 7.66. The molecule has 0 aliphatic rings. The average Bonchev–Trinajstić information content (AvgIpc) is 2.99. The van der Waals surface area contributed by atoms with Crippen molar-refractivity contribution in [2.24, 2.45) is 10.2 Å².